The Hall–Kier alpha value is -3.10. The number of para-hydroxylation sites is 2. The Morgan fingerprint density at radius 3 is 2.46 bits per heavy atom. The zero-order valence-electron chi connectivity index (χ0n) is 15.3. The van der Waals surface area contributed by atoms with Crippen molar-refractivity contribution in [3.05, 3.63) is 108 Å². The lowest BCUT2D eigenvalue weighted by Crippen LogP contribution is -2.28. The van der Waals surface area contributed by atoms with Crippen molar-refractivity contribution < 1.29 is 0 Å². The van der Waals surface area contributed by atoms with Gasteiger partial charge in [-0.1, -0.05) is 78.9 Å². The highest BCUT2D eigenvalue weighted by atomic mass is 32.1. The number of allylic oxidation sites excluding steroid dienone is 2. The summed E-state index contributed by atoms with van der Waals surface area (Å²) in [5.74, 6) is 0.391. The standard InChI is InChI=1S/C26H19NS/c1-2-9-19(10-3-1)27-24-15-5-4-11-20(24)21-12-7-13-22(25(21)27)23-14-6-8-18-16-17-28-26(18)23/h1-17,20,24H. The number of fused-ring (bicyclic) bond motifs is 4. The molecule has 0 amide bonds. The van der Waals surface area contributed by atoms with Crippen LogP contribution in [0.4, 0.5) is 11.4 Å². The van der Waals surface area contributed by atoms with Gasteiger partial charge in [0.2, 0.25) is 0 Å². The van der Waals surface area contributed by atoms with E-state index in [4.69, 9.17) is 0 Å². The van der Waals surface area contributed by atoms with Gasteiger partial charge in [0.15, 0.2) is 0 Å². The van der Waals surface area contributed by atoms with Crippen LogP contribution in [0.25, 0.3) is 21.2 Å². The van der Waals surface area contributed by atoms with E-state index in [-0.39, 0.29) is 0 Å². The van der Waals surface area contributed by atoms with E-state index in [0.717, 1.165) is 0 Å². The Balaban J connectivity index is 1.65. The highest BCUT2D eigenvalue weighted by molar-refractivity contribution is 7.17. The van der Waals surface area contributed by atoms with Gasteiger partial charge >= 0.3 is 0 Å². The summed E-state index contributed by atoms with van der Waals surface area (Å²) in [4.78, 5) is 2.53. The van der Waals surface area contributed by atoms with Crippen molar-refractivity contribution in [2.24, 2.45) is 0 Å². The molecule has 0 bridgehead atoms. The molecule has 28 heavy (non-hydrogen) atoms. The quantitative estimate of drug-likeness (QED) is 0.354. The van der Waals surface area contributed by atoms with Gasteiger partial charge in [-0.05, 0) is 34.5 Å². The Labute approximate surface area is 168 Å². The predicted molar refractivity (Wildman–Crippen MR) is 121 cm³/mol. The molecule has 0 spiro atoms. The number of rotatable bonds is 2. The van der Waals surface area contributed by atoms with Crippen LogP contribution in [0.2, 0.25) is 0 Å². The molecule has 4 aromatic rings. The maximum atomic E-state index is 2.53. The summed E-state index contributed by atoms with van der Waals surface area (Å²) in [6, 6.07) is 26.8. The van der Waals surface area contributed by atoms with Crippen molar-refractivity contribution in [2.75, 3.05) is 4.90 Å². The summed E-state index contributed by atoms with van der Waals surface area (Å²) in [5.41, 5.74) is 6.67. The molecule has 1 aromatic heterocycles. The van der Waals surface area contributed by atoms with Crippen LogP contribution in [-0.2, 0) is 0 Å². The average Bonchev–Trinajstić information content (AvgIpc) is 3.37. The van der Waals surface area contributed by atoms with E-state index in [1.807, 2.05) is 11.3 Å². The molecule has 2 heteroatoms. The number of benzene rings is 3. The van der Waals surface area contributed by atoms with E-state index in [9.17, 15) is 0 Å². The lowest BCUT2D eigenvalue weighted by Gasteiger charge is -2.29. The normalized spacial score (nSPS) is 19.8. The Morgan fingerprint density at radius 2 is 1.54 bits per heavy atom. The van der Waals surface area contributed by atoms with E-state index in [0.29, 0.717) is 12.0 Å². The van der Waals surface area contributed by atoms with Crippen molar-refractivity contribution >= 4 is 32.8 Å². The molecular formula is C26H19NS. The number of anilines is 2. The molecule has 1 nitrogen and oxygen atoms in total. The SMILES string of the molecule is C1=CC2c3cccc(-c4cccc5ccsc45)c3N(c3ccccc3)C2C=C1. The molecule has 2 atom stereocenters. The maximum Gasteiger partial charge on any atom is 0.0629 e. The summed E-state index contributed by atoms with van der Waals surface area (Å²) in [7, 11) is 0. The fraction of sp³-hybridized carbons (Fsp3) is 0.0769. The van der Waals surface area contributed by atoms with Crippen molar-refractivity contribution in [3.63, 3.8) is 0 Å². The number of hydrogen-bond acceptors (Lipinski definition) is 2. The topological polar surface area (TPSA) is 3.24 Å². The second kappa shape index (κ2) is 6.22. The minimum absolute atomic E-state index is 0.325. The van der Waals surface area contributed by atoms with Gasteiger partial charge in [-0.15, -0.1) is 11.3 Å². The first-order valence-corrected chi connectivity index (χ1v) is 10.6. The van der Waals surface area contributed by atoms with Gasteiger partial charge in [-0.25, -0.2) is 0 Å². The molecule has 2 aliphatic rings. The Morgan fingerprint density at radius 1 is 0.714 bits per heavy atom. The molecule has 0 radical (unpaired) electrons. The molecule has 0 saturated carbocycles. The van der Waals surface area contributed by atoms with Crippen molar-refractivity contribution in [1.29, 1.82) is 0 Å². The second-order valence-corrected chi connectivity index (χ2v) is 8.30. The van der Waals surface area contributed by atoms with Gasteiger partial charge in [0.25, 0.3) is 0 Å². The fourth-order valence-corrected chi connectivity index (χ4v) is 5.62. The van der Waals surface area contributed by atoms with Crippen LogP contribution in [0, 0.1) is 0 Å². The van der Waals surface area contributed by atoms with Crippen LogP contribution in [0.15, 0.2) is 102 Å². The third-order valence-electron chi connectivity index (χ3n) is 5.87. The molecule has 2 heterocycles. The van der Waals surface area contributed by atoms with Gasteiger partial charge < -0.3 is 4.90 Å². The lowest BCUT2D eigenvalue weighted by atomic mass is 9.90. The van der Waals surface area contributed by atoms with Gasteiger partial charge in [0.1, 0.15) is 0 Å². The summed E-state index contributed by atoms with van der Waals surface area (Å²) >= 11 is 1.83. The number of hydrogen-bond donors (Lipinski definition) is 0. The highest BCUT2D eigenvalue weighted by Crippen LogP contribution is 2.52. The van der Waals surface area contributed by atoms with E-state index >= 15 is 0 Å². The van der Waals surface area contributed by atoms with E-state index in [2.05, 4.69) is 107 Å². The predicted octanol–water partition coefficient (Wildman–Crippen LogP) is 7.30. The molecule has 2 unspecified atom stereocenters. The number of thiophene rings is 1. The third kappa shape index (κ3) is 2.25. The highest BCUT2D eigenvalue weighted by Gasteiger charge is 2.39. The smallest absolute Gasteiger partial charge is 0.0629 e. The van der Waals surface area contributed by atoms with Crippen LogP contribution >= 0.6 is 11.3 Å². The molecule has 134 valence electrons. The average molecular weight is 378 g/mol. The minimum atomic E-state index is 0.325. The van der Waals surface area contributed by atoms with Gasteiger partial charge in [0.05, 0.1) is 11.7 Å². The summed E-state index contributed by atoms with van der Waals surface area (Å²) < 4.78 is 1.37. The van der Waals surface area contributed by atoms with Crippen LogP contribution in [0.3, 0.4) is 0 Å². The first kappa shape index (κ1) is 15.9. The maximum absolute atomic E-state index is 2.53. The van der Waals surface area contributed by atoms with Gasteiger partial charge in [-0.3, -0.25) is 0 Å². The fourth-order valence-electron chi connectivity index (χ4n) is 4.69. The minimum Gasteiger partial charge on any atom is -0.333 e. The zero-order chi connectivity index (χ0) is 18.5. The molecule has 1 aliphatic heterocycles. The summed E-state index contributed by atoms with van der Waals surface area (Å²) in [6.45, 7) is 0. The Kier molecular flexibility index (Phi) is 3.53. The number of nitrogens with zero attached hydrogens (tertiary/aromatic N) is 1. The lowest BCUT2D eigenvalue weighted by molar-refractivity contribution is 0.745. The van der Waals surface area contributed by atoms with E-state index in [1.54, 1.807) is 0 Å². The van der Waals surface area contributed by atoms with Crippen LogP contribution in [-0.4, -0.2) is 6.04 Å². The first-order valence-electron chi connectivity index (χ1n) is 9.70. The van der Waals surface area contributed by atoms with E-state index < -0.39 is 0 Å². The van der Waals surface area contributed by atoms with E-state index in [1.165, 1.54) is 38.2 Å². The molecule has 1 aliphatic carbocycles. The van der Waals surface area contributed by atoms with Crippen molar-refractivity contribution in [3.8, 4) is 11.1 Å². The Bertz CT molecular complexity index is 1230. The summed E-state index contributed by atoms with van der Waals surface area (Å²) in [6.07, 6.45) is 9.06. The van der Waals surface area contributed by atoms with Gasteiger partial charge in [0, 0.05) is 27.4 Å². The van der Waals surface area contributed by atoms with Crippen molar-refractivity contribution in [1.82, 2.24) is 0 Å². The zero-order valence-corrected chi connectivity index (χ0v) is 16.1. The summed E-state index contributed by atoms with van der Waals surface area (Å²) in [5, 5.41) is 3.51. The van der Waals surface area contributed by atoms with Crippen LogP contribution in [0.1, 0.15) is 11.5 Å². The molecule has 3 aromatic carbocycles. The molecule has 0 saturated heterocycles. The molecular weight excluding hydrogens is 358 g/mol. The first-order chi connectivity index (χ1) is 13.9. The van der Waals surface area contributed by atoms with Crippen LogP contribution in [0.5, 0.6) is 0 Å². The van der Waals surface area contributed by atoms with Crippen LogP contribution < -0.4 is 4.90 Å². The third-order valence-corrected chi connectivity index (χ3v) is 6.84. The monoisotopic (exact) mass is 377 g/mol. The molecule has 0 fully saturated rings. The van der Waals surface area contributed by atoms with Crippen molar-refractivity contribution in [2.45, 2.75) is 12.0 Å². The largest absolute Gasteiger partial charge is 0.333 e. The van der Waals surface area contributed by atoms with Gasteiger partial charge in [-0.2, -0.15) is 0 Å². The second-order valence-electron chi connectivity index (χ2n) is 7.38. The molecule has 0 N–H and O–H groups in total. The molecule has 6 rings (SSSR count).